The van der Waals surface area contributed by atoms with Gasteiger partial charge in [0.05, 0.1) is 5.97 Å². The molecule has 1 atom stereocenters. The molecule has 10 heteroatoms. The van der Waals surface area contributed by atoms with Crippen LogP contribution in [0.3, 0.4) is 0 Å². The van der Waals surface area contributed by atoms with Gasteiger partial charge in [-0.25, -0.2) is 0 Å². The number of carbonyl (C=O) groups excluding carboxylic acids is 3. The summed E-state index contributed by atoms with van der Waals surface area (Å²) >= 11 is 0. The third-order valence-corrected chi connectivity index (χ3v) is 1.03. The first kappa shape index (κ1) is 37.5. The number of hydrogen-bond acceptors (Lipinski definition) is 7. The van der Waals surface area contributed by atoms with Gasteiger partial charge >= 0.3 is 88.7 Å². The largest absolute Gasteiger partial charge is 1.00 e. The van der Waals surface area contributed by atoms with Crippen molar-refractivity contribution < 1.29 is 118 Å². The van der Waals surface area contributed by atoms with Crippen molar-refractivity contribution in [3.05, 3.63) is 0 Å². The van der Waals surface area contributed by atoms with Gasteiger partial charge in [-0.3, -0.25) is 0 Å². The monoisotopic (exact) mass is 317 g/mol. The molecule has 7 nitrogen and oxygen atoms in total. The van der Waals surface area contributed by atoms with Crippen molar-refractivity contribution >= 4 is 17.9 Å². The van der Waals surface area contributed by atoms with Gasteiger partial charge in [-0.1, -0.05) is 13.8 Å². The van der Waals surface area contributed by atoms with Crippen molar-refractivity contribution in [2.24, 2.45) is 11.7 Å². The smallest absolute Gasteiger partial charge is 0.550 e. The molecular formula is C10H18NNa3O6. The molecule has 0 aliphatic heterocycles. The Labute approximate surface area is 185 Å². The van der Waals surface area contributed by atoms with Crippen molar-refractivity contribution in [2.45, 2.75) is 40.2 Å². The minimum absolute atomic E-state index is 0. The fourth-order valence-electron chi connectivity index (χ4n) is 0.604. The van der Waals surface area contributed by atoms with Crippen LogP contribution >= 0.6 is 0 Å². The van der Waals surface area contributed by atoms with Crippen molar-refractivity contribution in [3.8, 4) is 0 Å². The number of carboxylic acid groups (broad SMARTS) is 3. The Morgan fingerprint density at radius 3 is 1.15 bits per heavy atom. The fraction of sp³-hybridized carbons (Fsp3) is 0.700. The normalized spacial score (nSPS) is 8.70. The van der Waals surface area contributed by atoms with Crippen LogP contribution in [-0.4, -0.2) is 23.9 Å². The molecule has 0 saturated carbocycles. The van der Waals surface area contributed by atoms with Crippen molar-refractivity contribution in [2.75, 3.05) is 0 Å². The zero-order valence-corrected chi connectivity index (χ0v) is 19.4. The van der Waals surface area contributed by atoms with Gasteiger partial charge in [0.2, 0.25) is 0 Å². The van der Waals surface area contributed by atoms with Crippen LogP contribution in [0.1, 0.15) is 34.1 Å². The number of carboxylic acids is 3. The molecule has 2 N–H and O–H groups in total. The quantitative estimate of drug-likeness (QED) is 0.508. The minimum atomic E-state index is -1.16. The topological polar surface area (TPSA) is 146 Å². The average molecular weight is 317 g/mol. The molecule has 0 rings (SSSR count). The average Bonchev–Trinajstić information content (AvgIpc) is 1.99. The SMILES string of the molecule is CC(=O)[O-].CC(=O)[O-].CC(C)C[C@H](N)C(=O)[O-].[Na+].[Na+].[Na+]. The predicted octanol–water partition coefficient (Wildman–Crippen LogP) is -12.4. The maximum atomic E-state index is 10.00. The van der Waals surface area contributed by atoms with Gasteiger partial charge in [0, 0.05) is 18.0 Å². The first-order chi connectivity index (χ1) is 7.50. The molecule has 0 aliphatic carbocycles. The van der Waals surface area contributed by atoms with Gasteiger partial charge in [-0.15, -0.1) is 0 Å². The molecule has 0 fully saturated rings. The van der Waals surface area contributed by atoms with Crippen LogP contribution in [0.15, 0.2) is 0 Å². The number of rotatable bonds is 3. The molecule has 0 radical (unpaired) electrons. The summed E-state index contributed by atoms with van der Waals surface area (Å²) in [6, 6.07) is -0.801. The third kappa shape index (κ3) is 74.5. The minimum Gasteiger partial charge on any atom is -0.550 e. The molecule has 0 aromatic heterocycles. The van der Waals surface area contributed by atoms with E-state index in [0.717, 1.165) is 13.8 Å². The van der Waals surface area contributed by atoms with Crippen LogP contribution in [0.5, 0.6) is 0 Å². The summed E-state index contributed by atoms with van der Waals surface area (Å²) in [5, 5.41) is 27.8. The molecule has 102 valence electrons. The Bertz CT molecular complexity index is 231. The maximum absolute atomic E-state index is 10.00. The first-order valence-corrected chi connectivity index (χ1v) is 4.82. The summed E-state index contributed by atoms with van der Waals surface area (Å²) in [6.07, 6.45) is 0.488. The second-order valence-electron chi connectivity index (χ2n) is 3.54. The van der Waals surface area contributed by atoms with Crippen LogP contribution in [0.25, 0.3) is 0 Å². The maximum Gasteiger partial charge on any atom is 1.00 e. The van der Waals surface area contributed by atoms with E-state index in [1.54, 1.807) is 0 Å². The van der Waals surface area contributed by atoms with Gasteiger partial charge in [-0.05, 0) is 26.2 Å². The van der Waals surface area contributed by atoms with E-state index in [1.807, 2.05) is 13.8 Å². The number of hydrogen-bond donors (Lipinski definition) is 1. The molecule has 0 bridgehead atoms. The molecule has 20 heavy (non-hydrogen) atoms. The Morgan fingerprint density at radius 2 is 1.10 bits per heavy atom. The summed E-state index contributed by atoms with van der Waals surface area (Å²) < 4.78 is 0. The zero-order valence-electron chi connectivity index (χ0n) is 13.4. The Kier molecular flexibility index (Phi) is 47.5. The van der Waals surface area contributed by atoms with E-state index in [2.05, 4.69) is 0 Å². The molecule has 0 unspecified atom stereocenters. The Morgan fingerprint density at radius 1 is 0.900 bits per heavy atom. The summed E-state index contributed by atoms with van der Waals surface area (Å²) in [5.41, 5.74) is 5.16. The molecule has 0 heterocycles. The summed E-state index contributed by atoms with van der Waals surface area (Å²) in [4.78, 5) is 27.8. The number of nitrogens with two attached hydrogens (primary N) is 1. The molecule has 0 amide bonds. The molecular weight excluding hydrogens is 299 g/mol. The number of aliphatic carboxylic acids is 3. The van der Waals surface area contributed by atoms with E-state index in [-0.39, 0.29) is 88.7 Å². The van der Waals surface area contributed by atoms with E-state index in [9.17, 15) is 9.90 Å². The second kappa shape index (κ2) is 25.3. The third-order valence-electron chi connectivity index (χ3n) is 1.03. The molecule has 0 aromatic carbocycles. The van der Waals surface area contributed by atoms with E-state index in [1.165, 1.54) is 0 Å². The summed E-state index contributed by atoms with van der Waals surface area (Å²) in [6.45, 7) is 5.78. The van der Waals surface area contributed by atoms with E-state index in [0.29, 0.717) is 12.3 Å². The van der Waals surface area contributed by atoms with Crippen LogP contribution in [0.4, 0.5) is 0 Å². The van der Waals surface area contributed by atoms with Gasteiger partial charge in [0.1, 0.15) is 0 Å². The van der Waals surface area contributed by atoms with E-state index in [4.69, 9.17) is 25.5 Å². The van der Waals surface area contributed by atoms with Crippen molar-refractivity contribution in [1.82, 2.24) is 0 Å². The number of carbonyl (C=O) groups is 3. The second-order valence-corrected chi connectivity index (χ2v) is 3.54. The first-order valence-electron chi connectivity index (χ1n) is 4.82. The van der Waals surface area contributed by atoms with Gasteiger partial charge in [0.15, 0.2) is 0 Å². The van der Waals surface area contributed by atoms with Crippen LogP contribution < -0.4 is 110 Å². The standard InChI is InChI=1S/C6H13NO2.2C2H4O2.3Na/c1-4(2)3-5(7)6(8)9;2*1-2(3)4;;;/h4-5H,3,7H2,1-2H3,(H,8,9);2*1H3,(H,3,4);;;/q;;;3*+1/p-3/t5-;;;;;/m0...../s1. The molecule has 0 spiro atoms. The van der Waals surface area contributed by atoms with E-state index < -0.39 is 23.9 Å². The van der Waals surface area contributed by atoms with Crippen LogP contribution in [0, 0.1) is 5.92 Å². The Balaban J connectivity index is -0.0000000386. The fourth-order valence-corrected chi connectivity index (χ4v) is 0.604. The summed E-state index contributed by atoms with van der Waals surface area (Å²) in [7, 11) is 0. The predicted molar refractivity (Wildman–Crippen MR) is 53.8 cm³/mol. The van der Waals surface area contributed by atoms with Crippen molar-refractivity contribution in [1.29, 1.82) is 0 Å². The van der Waals surface area contributed by atoms with Gasteiger partial charge < -0.3 is 35.4 Å². The van der Waals surface area contributed by atoms with Gasteiger partial charge in [0.25, 0.3) is 0 Å². The molecule has 0 aliphatic rings. The zero-order chi connectivity index (χ0) is 14.6. The molecule has 0 saturated heterocycles. The Hall–Kier alpha value is 1.37. The van der Waals surface area contributed by atoms with Crippen LogP contribution in [0.2, 0.25) is 0 Å². The summed E-state index contributed by atoms with van der Waals surface area (Å²) in [5.74, 6) is -3.01. The van der Waals surface area contributed by atoms with Gasteiger partial charge in [-0.2, -0.15) is 0 Å². The van der Waals surface area contributed by atoms with Crippen LogP contribution in [-0.2, 0) is 14.4 Å². The van der Waals surface area contributed by atoms with Crippen molar-refractivity contribution in [3.63, 3.8) is 0 Å². The molecule has 0 aromatic rings. The van der Waals surface area contributed by atoms with E-state index >= 15 is 0 Å².